The summed E-state index contributed by atoms with van der Waals surface area (Å²) in [6.45, 7) is 11.6. The first-order chi connectivity index (χ1) is 8.01. The number of aromatic nitrogens is 2. The van der Waals surface area contributed by atoms with Crippen molar-refractivity contribution in [3.63, 3.8) is 0 Å². The van der Waals surface area contributed by atoms with Crippen LogP contribution in [0.15, 0.2) is 0 Å². The molecular weight excluding hydrogens is 212 g/mol. The van der Waals surface area contributed by atoms with Gasteiger partial charge in [0.2, 0.25) is 0 Å². The Kier molecular flexibility index (Phi) is 5.03. The predicted molar refractivity (Wildman–Crippen MR) is 71.4 cm³/mol. The SMILES string of the molecule is CCCn1nc(CC(C)C)c(O)c1C(C)CC. The molecule has 1 atom stereocenters. The summed E-state index contributed by atoms with van der Waals surface area (Å²) in [5.74, 6) is 1.33. The average Bonchev–Trinajstić information content (AvgIpc) is 2.55. The van der Waals surface area contributed by atoms with E-state index < -0.39 is 0 Å². The molecule has 0 aromatic carbocycles. The average molecular weight is 238 g/mol. The molecule has 98 valence electrons. The number of aryl methyl sites for hydroxylation is 1. The molecule has 0 aliphatic carbocycles. The van der Waals surface area contributed by atoms with Gasteiger partial charge in [-0.05, 0) is 25.2 Å². The zero-order valence-electron chi connectivity index (χ0n) is 11.8. The summed E-state index contributed by atoms with van der Waals surface area (Å²) in [5, 5.41) is 14.9. The van der Waals surface area contributed by atoms with Gasteiger partial charge >= 0.3 is 0 Å². The smallest absolute Gasteiger partial charge is 0.160 e. The quantitative estimate of drug-likeness (QED) is 0.820. The number of hydrogen-bond acceptors (Lipinski definition) is 2. The first-order valence-electron chi connectivity index (χ1n) is 6.79. The fraction of sp³-hybridized carbons (Fsp3) is 0.786. The lowest BCUT2D eigenvalue weighted by molar-refractivity contribution is 0.444. The number of hydrogen-bond donors (Lipinski definition) is 1. The van der Waals surface area contributed by atoms with E-state index in [1.54, 1.807) is 0 Å². The lowest BCUT2D eigenvalue weighted by atomic mass is 10.0. The molecule has 1 heterocycles. The van der Waals surface area contributed by atoms with E-state index in [-0.39, 0.29) is 0 Å². The summed E-state index contributed by atoms with van der Waals surface area (Å²) < 4.78 is 2.00. The van der Waals surface area contributed by atoms with Gasteiger partial charge in [0.15, 0.2) is 5.75 Å². The van der Waals surface area contributed by atoms with Crippen molar-refractivity contribution in [1.29, 1.82) is 0 Å². The van der Waals surface area contributed by atoms with Crippen LogP contribution in [-0.4, -0.2) is 14.9 Å². The predicted octanol–water partition coefficient (Wildman–Crippen LogP) is 3.71. The van der Waals surface area contributed by atoms with Crippen LogP contribution in [-0.2, 0) is 13.0 Å². The number of rotatable bonds is 6. The molecule has 3 nitrogen and oxygen atoms in total. The maximum atomic E-state index is 10.3. The lowest BCUT2D eigenvalue weighted by Gasteiger charge is -2.11. The summed E-state index contributed by atoms with van der Waals surface area (Å²) >= 11 is 0. The first kappa shape index (κ1) is 14.1. The molecule has 0 saturated carbocycles. The van der Waals surface area contributed by atoms with E-state index in [1.807, 2.05) is 4.68 Å². The van der Waals surface area contributed by atoms with Gasteiger partial charge in [0, 0.05) is 12.5 Å². The van der Waals surface area contributed by atoms with E-state index in [4.69, 9.17) is 0 Å². The molecule has 0 fully saturated rings. The van der Waals surface area contributed by atoms with Crippen molar-refractivity contribution in [1.82, 2.24) is 9.78 Å². The first-order valence-corrected chi connectivity index (χ1v) is 6.79. The van der Waals surface area contributed by atoms with Crippen molar-refractivity contribution in [2.24, 2.45) is 5.92 Å². The van der Waals surface area contributed by atoms with Crippen LogP contribution in [0.5, 0.6) is 5.75 Å². The minimum atomic E-state index is 0.370. The van der Waals surface area contributed by atoms with E-state index in [2.05, 4.69) is 39.7 Å². The van der Waals surface area contributed by atoms with Gasteiger partial charge in [-0.25, -0.2) is 0 Å². The fourth-order valence-electron chi connectivity index (χ4n) is 2.10. The molecule has 17 heavy (non-hydrogen) atoms. The van der Waals surface area contributed by atoms with E-state index >= 15 is 0 Å². The minimum Gasteiger partial charge on any atom is -0.504 e. The second-order valence-electron chi connectivity index (χ2n) is 5.31. The standard InChI is InChI=1S/C14H26N2O/c1-6-8-16-13(11(5)7-2)14(17)12(15-16)9-10(3)4/h10-11,17H,6-9H2,1-5H3. The van der Waals surface area contributed by atoms with Crippen LogP contribution in [0.3, 0.4) is 0 Å². The minimum absolute atomic E-state index is 0.370. The highest BCUT2D eigenvalue weighted by Crippen LogP contribution is 2.32. The van der Waals surface area contributed by atoms with Gasteiger partial charge in [-0.1, -0.05) is 34.6 Å². The van der Waals surface area contributed by atoms with Crippen LogP contribution >= 0.6 is 0 Å². The van der Waals surface area contributed by atoms with Crippen molar-refractivity contribution in [3.8, 4) is 5.75 Å². The third-order valence-corrected chi connectivity index (χ3v) is 3.15. The Balaban J connectivity index is 3.10. The third kappa shape index (κ3) is 3.24. The van der Waals surface area contributed by atoms with Crippen LogP contribution in [0.2, 0.25) is 0 Å². The van der Waals surface area contributed by atoms with Gasteiger partial charge in [-0.3, -0.25) is 4.68 Å². The second-order valence-corrected chi connectivity index (χ2v) is 5.31. The largest absolute Gasteiger partial charge is 0.504 e. The van der Waals surface area contributed by atoms with Crippen LogP contribution < -0.4 is 0 Å². The Bertz CT molecular complexity index is 355. The van der Waals surface area contributed by atoms with Crippen LogP contribution in [0.4, 0.5) is 0 Å². The summed E-state index contributed by atoms with van der Waals surface area (Å²) in [7, 11) is 0. The monoisotopic (exact) mass is 238 g/mol. The molecule has 0 saturated heterocycles. The topological polar surface area (TPSA) is 38.0 Å². The molecular formula is C14H26N2O. The summed E-state index contributed by atoms with van der Waals surface area (Å²) in [4.78, 5) is 0. The van der Waals surface area contributed by atoms with E-state index in [9.17, 15) is 5.11 Å². The van der Waals surface area contributed by atoms with E-state index in [0.29, 0.717) is 17.6 Å². The lowest BCUT2D eigenvalue weighted by Crippen LogP contribution is -2.07. The normalized spacial score (nSPS) is 13.3. The van der Waals surface area contributed by atoms with Crippen molar-refractivity contribution in [3.05, 3.63) is 11.4 Å². The highest BCUT2D eigenvalue weighted by Gasteiger charge is 2.21. The zero-order valence-corrected chi connectivity index (χ0v) is 11.8. The molecule has 0 aliphatic heterocycles. The molecule has 1 aromatic rings. The summed E-state index contributed by atoms with van der Waals surface area (Å²) in [5.41, 5.74) is 1.88. The van der Waals surface area contributed by atoms with Gasteiger partial charge in [0.25, 0.3) is 0 Å². The summed E-state index contributed by atoms with van der Waals surface area (Å²) in [6.07, 6.45) is 2.93. The van der Waals surface area contributed by atoms with Gasteiger partial charge < -0.3 is 5.11 Å². The highest BCUT2D eigenvalue weighted by molar-refractivity contribution is 5.35. The molecule has 1 unspecified atom stereocenters. The molecule has 0 spiro atoms. The van der Waals surface area contributed by atoms with Crippen molar-refractivity contribution in [2.75, 3.05) is 0 Å². The maximum absolute atomic E-state index is 10.3. The fourth-order valence-corrected chi connectivity index (χ4v) is 2.10. The molecule has 0 amide bonds. The second kappa shape index (κ2) is 6.08. The summed E-state index contributed by atoms with van der Waals surface area (Å²) in [6, 6.07) is 0. The zero-order chi connectivity index (χ0) is 13.0. The molecule has 0 aliphatic rings. The van der Waals surface area contributed by atoms with Crippen molar-refractivity contribution < 1.29 is 5.11 Å². The molecule has 1 aromatic heterocycles. The Morgan fingerprint density at radius 1 is 1.24 bits per heavy atom. The Morgan fingerprint density at radius 3 is 2.35 bits per heavy atom. The van der Waals surface area contributed by atoms with Gasteiger partial charge in [-0.15, -0.1) is 0 Å². The van der Waals surface area contributed by atoms with Crippen molar-refractivity contribution in [2.45, 2.75) is 66.3 Å². The van der Waals surface area contributed by atoms with Gasteiger partial charge in [-0.2, -0.15) is 5.10 Å². The Morgan fingerprint density at radius 2 is 1.88 bits per heavy atom. The van der Waals surface area contributed by atoms with Gasteiger partial charge in [0.1, 0.15) is 5.69 Å². The Labute approximate surface area is 105 Å². The molecule has 3 heteroatoms. The Hall–Kier alpha value is -0.990. The number of nitrogens with zero attached hydrogens (tertiary/aromatic N) is 2. The molecule has 0 bridgehead atoms. The molecule has 0 radical (unpaired) electrons. The van der Waals surface area contributed by atoms with E-state index in [0.717, 1.165) is 37.2 Å². The number of aromatic hydroxyl groups is 1. The van der Waals surface area contributed by atoms with E-state index in [1.165, 1.54) is 0 Å². The van der Waals surface area contributed by atoms with Crippen molar-refractivity contribution >= 4 is 0 Å². The van der Waals surface area contributed by atoms with Crippen LogP contribution in [0.1, 0.15) is 64.8 Å². The molecule has 1 N–H and O–H groups in total. The van der Waals surface area contributed by atoms with Gasteiger partial charge in [0.05, 0.1) is 5.69 Å². The third-order valence-electron chi connectivity index (χ3n) is 3.15. The highest BCUT2D eigenvalue weighted by atomic mass is 16.3. The van der Waals surface area contributed by atoms with Crippen LogP contribution in [0, 0.1) is 5.92 Å². The van der Waals surface area contributed by atoms with Crippen LogP contribution in [0.25, 0.3) is 0 Å². The molecule has 1 rings (SSSR count). The maximum Gasteiger partial charge on any atom is 0.160 e.